The van der Waals surface area contributed by atoms with Crippen molar-refractivity contribution in [3.05, 3.63) is 59.2 Å². The van der Waals surface area contributed by atoms with Crippen molar-refractivity contribution in [2.24, 2.45) is 0 Å². The van der Waals surface area contributed by atoms with Crippen LogP contribution in [0.15, 0.2) is 36.4 Å². The van der Waals surface area contributed by atoms with E-state index in [9.17, 15) is 18.4 Å². The van der Waals surface area contributed by atoms with Gasteiger partial charge in [-0.25, -0.2) is 8.78 Å². The molecular weight excluding hydrogens is 314 g/mol. The van der Waals surface area contributed by atoms with Gasteiger partial charge in [0.15, 0.2) is 11.6 Å². The summed E-state index contributed by atoms with van der Waals surface area (Å²) in [4.78, 5) is 25.2. The molecule has 0 radical (unpaired) electrons. The molecule has 0 aliphatic heterocycles. The first-order valence-electron chi connectivity index (χ1n) is 7.39. The van der Waals surface area contributed by atoms with Crippen molar-refractivity contribution in [3.8, 4) is 0 Å². The summed E-state index contributed by atoms with van der Waals surface area (Å²) in [5.74, 6) is -2.96. The quantitative estimate of drug-likeness (QED) is 0.930. The molecule has 2 aromatic rings. The van der Waals surface area contributed by atoms with Crippen molar-refractivity contribution in [1.82, 2.24) is 0 Å². The molecule has 0 aromatic heterocycles. The van der Waals surface area contributed by atoms with Gasteiger partial charge in [-0.3, -0.25) is 9.59 Å². The predicted molar refractivity (Wildman–Crippen MR) is 88.9 cm³/mol. The van der Waals surface area contributed by atoms with E-state index in [1.54, 1.807) is 0 Å². The summed E-state index contributed by atoms with van der Waals surface area (Å²) in [6, 6.07) is 8.67. The Labute approximate surface area is 139 Å². The number of hydrogen-bond acceptors (Lipinski definition) is 2. The fraction of sp³-hybridized carbons (Fsp3) is 0.222. The van der Waals surface area contributed by atoms with Crippen LogP contribution in [0.3, 0.4) is 0 Å². The molecule has 0 unspecified atom stereocenters. The molecule has 0 spiro atoms. The van der Waals surface area contributed by atoms with Crippen molar-refractivity contribution < 1.29 is 18.4 Å². The number of amides is 2. The van der Waals surface area contributed by atoms with Crippen molar-refractivity contribution in [1.29, 1.82) is 0 Å². The third kappa shape index (κ3) is 3.95. The molecule has 4 nitrogen and oxygen atoms in total. The van der Waals surface area contributed by atoms with Crippen LogP contribution < -0.4 is 10.2 Å². The Morgan fingerprint density at radius 3 is 2.21 bits per heavy atom. The molecule has 0 bridgehead atoms. The zero-order valence-electron chi connectivity index (χ0n) is 13.7. The maximum atomic E-state index is 13.4. The van der Waals surface area contributed by atoms with Crippen molar-refractivity contribution >= 4 is 23.2 Å². The topological polar surface area (TPSA) is 49.4 Å². The lowest BCUT2D eigenvalue weighted by Crippen LogP contribution is -2.37. The maximum Gasteiger partial charge on any atom is 0.244 e. The summed E-state index contributed by atoms with van der Waals surface area (Å²) >= 11 is 0. The Balaban J connectivity index is 2.20. The number of aryl methyl sites for hydroxylation is 2. The van der Waals surface area contributed by atoms with Crippen LogP contribution in [0.5, 0.6) is 0 Å². The van der Waals surface area contributed by atoms with E-state index in [1.807, 2.05) is 32.0 Å². The molecule has 6 heteroatoms. The maximum absolute atomic E-state index is 13.4. The van der Waals surface area contributed by atoms with Crippen LogP contribution in [0.25, 0.3) is 0 Å². The van der Waals surface area contributed by atoms with Gasteiger partial charge in [-0.2, -0.15) is 0 Å². The molecule has 0 saturated carbocycles. The monoisotopic (exact) mass is 332 g/mol. The molecule has 126 valence electrons. The van der Waals surface area contributed by atoms with Gasteiger partial charge in [0.2, 0.25) is 11.8 Å². The highest BCUT2D eigenvalue weighted by Gasteiger charge is 2.18. The molecular formula is C18H18F2N2O2. The van der Waals surface area contributed by atoms with E-state index in [0.717, 1.165) is 28.2 Å². The summed E-state index contributed by atoms with van der Waals surface area (Å²) in [6.45, 7) is 4.68. The number of anilines is 2. The first-order chi connectivity index (χ1) is 11.3. The molecule has 0 aliphatic carbocycles. The third-order valence-electron chi connectivity index (χ3n) is 3.64. The Morgan fingerprint density at radius 1 is 1.04 bits per heavy atom. The van der Waals surface area contributed by atoms with Gasteiger partial charge < -0.3 is 10.2 Å². The Kier molecular flexibility index (Phi) is 5.28. The highest BCUT2D eigenvalue weighted by Crippen LogP contribution is 2.21. The van der Waals surface area contributed by atoms with Gasteiger partial charge in [0.25, 0.3) is 0 Å². The third-order valence-corrected chi connectivity index (χ3v) is 3.64. The van der Waals surface area contributed by atoms with Crippen LogP contribution in [-0.4, -0.2) is 18.4 Å². The van der Waals surface area contributed by atoms with Gasteiger partial charge in [0.05, 0.1) is 0 Å². The number of hydrogen-bond donors (Lipinski definition) is 1. The molecule has 1 N–H and O–H groups in total. The highest BCUT2D eigenvalue weighted by atomic mass is 19.2. The number of para-hydroxylation sites is 1. The molecule has 0 heterocycles. The van der Waals surface area contributed by atoms with E-state index < -0.39 is 23.4 Å². The van der Waals surface area contributed by atoms with Crippen LogP contribution in [-0.2, 0) is 9.59 Å². The standard InChI is InChI=1S/C18H18F2N2O2/c1-11-5-4-6-12(2)18(11)21-17(24)10-22(13(3)23)14-7-8-15(19)16(20)9-14/h4-9H,10H2,1-3H3,(H,21,24). The molecule has 2 aromatic carbocycles. The second-order valence-corrected chi connectivity index (χ2v) is 5.52. The molecule has 0 fully saturated rings. The minimum Gasteiger partial charge on any atom is -0.324 e. The Morgan fingerprint density at radius 2 is 1.67 bits per heavy atom. The summed E-state index contributed by atoms with van der Waals surface area (Å²) in [5.41, 5.74) is 2.59. The molecule has 0 aliphatic rings. The summed E-state index contributed by atoms with van der Waals surface area (Å²) in [7, 11) is 0. The fourth-order valence-electron chi connectivity index (χ4n) is 2.37. The smallest absolute Gasteiger partial charge is 0.244 e. The second-order valence-electron chi connectivity index (χ2n) is 5.52. The first-order valence-corrected chi connectivity index (χ1v) is 7.39. The van der Waals surface area contributed by atoms with E-state index in [4.69, 9.17) is 0 Å². The fourth-order valence-corrected chi connectivity index (χ4v) is 2.37. The predicted octanol–water partition coefficient (Wildman–Crippen LogP) is 3.57. The lowest BCUT2D eigenvalue weighted by Gasteiger charge is -2.21. The van der Waals surface area contributed by atoms with E-state index in [2.05, 4.69) is 5.32 Å². The van der Waals surface area contributed by atoms with Crippen molar-refractivity contribution in [2.45, 2.75) is 20.8 Å². The SMILES string of the molecule is CC(=O)N(CC(=O)Nc1c(C)cccc1C)c1ccc(F)c(F)c1. The zero-order valence-corrected chi connectivity index (χ0v) is 13.7. The number of nitrogens with zero attached hydrogens (tertiary/aromatic N) is 1. The minimum atomic E-state index is -1.08. The number of nitrogens with one attached hydrogen (secondary N) is 1. The molecule has 2 amide bonds. The first kappa shape index (κ1) is 17.6. The molecule has 24 heavy (non-hydrogen) atoms. The van der Waals surface area contributed by atoms with Gasteiger partial charge in [0.1, 0.15) is 6.54 Å². The largest absolute Gasteiger partial charge is 0.324 e. The van der Waals surface area contributed by atoms with Gasteiger partial charge in [-0.15, -0.1) is 0 Å². The van der Waals surface area contributed by atoms with Crippen LogP contribution in [0.2, 0.25) is 0 Å². The Bertz CT molecular complexity index is 770. The van der Waals surface area contributed by atoms with E-state index in [-0.39, 0.29) is 12.2 Å². The number of halogens is 2. The van der Waals surface area contributed by atoms with Gasteiger partial charge >= 0.3 is 0 Å². The highest BCUT2D eigenvalue weighted by molar-refractivity contribution is 6.02. The molecule has 0 saturated heterocycles. The van der Waals surface area contributed by atoms with Gasteiger partial charge in [-0.1, -0.05) is 18.2 Å². The van der Waals surface area contributed by atoms with E-state index in [0.29, 0.717) is 5.69 Å². The normalized spacial score (nSPS) is 10.4. The van der Waals surface area contributed by atoms with Crippen molar-refractivity contribution in [3.63, 3.8) is 0 Å². The summed E-state index contributed by atoms with van der Waals surface area (Å²) in [6.07, 6.45) is 0. The molecule has 2 rings (SSSR count). The zero-order chi connectivity index (χ0) is 17.9. The Hall–Kier alpha value is -2.76. The number of carbonyl (C=O) groups is 2. The van der Waals surface area contributed by atoms with Gasteiger partial charge in [-0.05, 0) is 37.1 Å². The van der Waals surface area contributed by atoms with E-state index in [1.165, 1.54) is 13.0 Å². The minimum absolute atomic E-state index is 0.123. The van der Waals surface area contributed by atoms with E-state index >= 15 is 0 Å². The summed E-state index contributed by atoms with van der Waals surface area (Å²) < 4.78 is 26.4. The lowest BCUT2D eigenvalue weighted by molar-refractivity contribution is -0.120. The van der Waals surface area contributed by atoms with Crippen LogP contribution in [0.4, 0.5) is 20.2 Å². The summed E-state index contributed by atoms with van der Waals surface area (Å²) in [5, 5.41) is 2.76. The molecule has 0 atom stereocenters. The number of benzene rings is 2. The van der Waals surface area contributed by atoms with Crippen LogP contribution >= 0.6 is 0 Å². The average molecular weight is 332 g/mol. The van der Waals surface area contributed by atoms with Crippen LogP contribution in [0.1, 0.15) is 18.1 Å². The average Bonchev–Trinajstić information content (AvgIpc) is 2.51. The van der Waals surface area contributed by atoms with Crippen molar-refractivity contribution in [2.75, 3.05) is 16.8 Å². The lowest BCUT2D eigenvalue weighted by atomic mass is 10.1. The number of rotatable bonds is 4. The second kappa shape index (κ2) is 7.21. The van der Waals surface area contributed by atoms with Gasteiger partial charge in [0, 0.05) is 24.4 Å². The van der Waals surface area contributed by atoms with Crippen LogP contribution in [0, 0.1) is 25.5 Å². The number of carbonyl (C=O) groups excluding carboxylic acids is 2.